The number of benzene rings is 1. The number of nitrogens with zero attached hydrogens (tertiary/aromatic N) is 2. The van der Waals surface area contributed by atoms with E-state index in [1.54, 1.807) is 6.26 Å². The molecule has 1 amide bonds. The highest BCUT2D eigenvalue weighted by Crippen LogP contribution is 2.27. The highest BCUT2D eigenvalue weighted by molar-refractivity contribution is 7.98. The lowest BCUT2D eigenvalue weighted by atomic mass is 10.2. The fourth-order valence-corrected chi connectivity index (χ4v) is 5.04. The van der Waals surface area contributed by atoms with Crippen molar-refractivity contribution in [1.29, 1.82) is 0 Å². The van der Waals surface area contributed by atoms with Crippen LogP contribution in [0.15, 0.2) is 23.1 Å². The molecule has 0 radical (unpaired) electrons. The summed E-state index contributed by atoms with van der Waals surface area (Å²) < 4.78 is 52.8. The van der Waals surface area contributed by atoms with Crippen molar-refractivity contribution in [1.82, 2.24) is 14.9 Å². The Labute approximate surface area is 178 Å². The molecule has 2 rings (SSSR count). The molecule has 14 heteroatoms. The smallest absolute Gasteiger partial charge is 0.291 e. The molecule has 28 heavy (non-hydrogen) atoms. The van der Waals surface area contributed by atoms with E-state index in [1.165, 1.54) is 23.9 Å². The van der Waals surface area contributed by atoms with Crippen LogP contribution in [0.2, 0.25) is 10.0 Å². The molecule has 0 aliphatic heterocycles. The molecule has 7 nitrogen and oxygen atoms in total. The van der Waals surface area contributed by atoms with Crippen molar-refractivity contribution < 1.29 is 22.0 Å². The van der Waals surface area contributed by atoms with Crippen LogP contribution in [0.1, 0.15) is 17.9 Å². The largest absolute Gasteiger partial charge is 0.299 e. The fourth-order valence-electron chi connectivity index (χ4n) is 1.98. The van der Waals surface area contributed by atoms with E-state index in [9.17, 15) is 22.0 Å². The zero-order valence-corrected chi connectivity index (χ0v) is 18.1. The Morgan fingerprint density at radius 1 is 1.32 bits per heavy atom. The van der Waals surface area contributed by atoms with E-state index in [0.29, 0.717) is 17.1 Å². The first kappa shape index (κ1) is 23.2. The van der Waals surface area contributed by atoms with Gasteiger partial charge in [0.25, 0.3) is 6.43 Å². The van der Waals surface area contributed by atoms with E-state index in [4.69, 9.17) is 23.2 Å². The van der Waals surface area contributed by atoms with E-state index < -0.39 is 33.4 Å². The molecule has 0 spiro atoms. The topological polar surface area (TPSA) is 101 Å². The number of thioether (sulfide) groups is 1. The minimum atomic E-state index is -4.18. The molecule has 1 unspecified atom stereocenters. The molecule has 1 aromatic carbocycles. The first-order chi connectivity index (χ1) is 13.1. The Morgan fingerprint density at radius 3 is 2.64 bits per heavy atom. The van der Waals surface area contributed by atoms with Crippen LogP contribution in [0.25, 0.3) is 0 Å². The van der Waals surface area contributed by atoms with Crippen molar-refractivity contribution in [2.24, 2.45) is 0 Å². The van der Waals surface area contributed by atoms with Crippen molar-refractivity contribution >= 4 is 67.4 Å². The van der Waals surface area contributed by atoms with Gasteiger partial charge in [-0.2, -0.15) is 16.5 Å². The third-order valence-electron chi connectivity index (χ3n) is 3.26. The maximum atomic E-state index is 12.7. The molecular weight excluding hydrogens is 477 g/mol. The number of nitrogens with one attached hydrogen (secondary N) is 2. The number of sulfonamides is 1. The third kappa shape index (κ3) is 6.22. The number of amides is 1. The van der Waals surface area contributed by atoms with Crippen LogP contribution in [0.3, 0.4) is 0 Å². The van der Waals surface area contributed by atoms with Crippen LogP contribution < -0.4 is 10.0 Å². The number of hydrogen-bond donors (Lipinski definition) is 2. The average molecular weight is 491 g/mol. The molecule has 0 fully saturated rings. The summed E-state index contributed by atoms with van der Waals surface area (Å²) in [6.45, 7) is 0. The van der Waals surface area contributed by atoms with Gasteiger partial charge in [-0.05, 0) is 36.6 Å². The van der Waals surface area contributed by atoms with Crippen LogP contribution in [0.4, 0.5) is 13.9 Å². The summed E-state index contributed by atoms with van der Waals surface area (Å²) in [5, 5.41) is 8.40. The SMILES string of the molecule is CSCCC(NS(=O)(=O)c1cc(Cl)ccc1Cl)C(=O)Nc1nnc(C(F)F)s1. The fraction of sp³-hybridized carbons (Fsp3) is 0.357. The van der Waals surface area contributed by atoms with E-state index in [-0.39, 0.29) is 26.5 Å². The van der Waals surface area contributed by atoms with Crippen molar-refractivity contribution in [2.45, 2.75) is 23.8 Å². The van der Waals surface area contributed by atoms with Gasteiger partial charge in [0, 0.05) is 5.02 Å². The number of carbonyl (C=O) groups is 1. The van der Waals surface area contributed by atoms with Crippen molar-refractivity contribution in [2.75, 3.05) is 17.3 Å². The summed E-state index contributed by atoms with van der Waals surface area (Å²) >= 11 is 13.7. The molecule has 1 atom stereocenters. The monoisotopic (exact) mass is 490 g/mol. The van der Waals surface area contributed by atoms with Gasteiger partial charge in [0.1, 0.15) is 10.9 Å². The highest BCUT2D eigenvalue weighted by atomic mass is 35.5. The predicted octanol–water partition coefficient (Wildman–Crippen LogP) is 3.82. The number of anilines is 1. The zero-order chi connectivity index (χ0) is 20.9. The molecule has 1 heterocycles. The van der Waals surface area contributed by atoms with E-state index in [2.05, 4.69) is 20.2 Å². The van der Waals surface area contributed by atoms with Crippen LogP contribution in [-0.4, -0.2) is 42.6 Å². The Hall–Kier alpha value is -1.05. The first-order valence-electron chi connectivity index (χ1n) is 7.52. The summed E-state index contributed by atoms with van der Waals surface area (Å²) in [5.74, 6) is -0.296. The van der Waals surface area contributed by atoms with Gasteiger partial charge < -0.3 is 0 Å². The van der Waals surface area contributed by atoms with Crippen LogP contribution in [0.5, 0.6) is 0 Å². The van der Waals surface area contributed by atoms with Gasteiger partial charge in [0.2, 0.25) is 21.1 Å². The second-order valence-electron chi connectivity index (χ2n) is 5.27. The van der Waals surface area contributed by atoms with Crippen LogP contribution >= 0.6 is 46.3 Å². The van der Waals surface area contributed by atoms with Crippen LogP contribution in [-0.2, 0) is 14.8 Å². The van der Waals surface area contributed by atoms with Gasteiger partial charge >= 0.3 is 0 Å². The van der Waals surface area contributed by atoms with E-state index >= 15 is 0 Å². The van der Waals surface area contributed by atoms with E-state index in [0.717, 1.165) is 6.07 Å². The summed E-state index contributed by atoms with van der Waals surface area (Å²) in [7, 11) is -4.18. The molecule has 0 bridgehead atoms. The lowest BCUT2D eigenvalue weighted by Gasteiger charge is -2.18. The number of carbonyl (C=O) groups excluding carboxylic acids is 1. The minimum absolute atomic E-state index is 0.0633. The molecule has 1 aromatic heterocycles. The average Bonchev–Trinajstić information content (AvgIpc) is 3.09. The standard InChI is InChI=1S/C14H14Cl2F2N4O3S3/c1-26-5-4-9(12(23)19-14-21-20-13(27-14)11(17)18)22-28(24,25)10-6-7(15)2-3-8(10)16/h2-3,6,9,11,22H,4-5H2,1H3,(H,19,21,23). The van der Waals surface area contributed by atoms with E-state index in [1.807, 2.05) is 0 Å². The lowest BCUT2D eigenvalue weighted by molar-refractivity contribution is -0.117. The Balaban J connectivity index is 2.21. The molecule has 0 aliphatic carbocycles. The quantitative estimate of drug-likeness (QED) is 0.553. The van der Waals surface area contributed by atoms with Gasteiger partial charge in [-0.3, -0.25) is 10.1 Å². The van der Waals surface area contributed by atoms with Crippen molar-refractivity contribution in [3.63, 3.8) is 0 Å². The molecular formula is C14H14Cl2F2N4O3S3. The second kappa shape index (κ2) is 10.1. The van der Waals surface area contributed by atoms with Gasteiger partial charge in [-0.15, -0.1) is 10.2 Å². The predicted molar refractivity (Wildman–Crippen MR) is 107 cm³/mol. The molecule has 0 saturated carbocycles. The minimum Gasteiger partial charge on any atom is -0.299 e. The van der Waals surface area contributed by atoms with Crippen molar-refractivity contribution in [3.8, 4) is 0 Å². The van der Waals surface area contributed by atoms with Crippen molar-refractivity contribution in [3.05, 3.63) is 33.3 Å². The second-order valence-corrected chi connectivity index (χ2v) is 9.79. The van der Waals surface area contributed by atoms with Gasteiger partial charge in [0.15, 0.2) is 5.01 Å². The van der Waals surface area contributed by atoms with Gasteiger partial charge in [-0.25, -0.2) is 17.2 Å². The molecule has 0 saturated heterocycles. The summed E-state index contributed by atoms with van der Waals surface area (Å²) in [5.41, 5.74) is 0. The highest BCUT2D eigenvalue weighted by Gasteiger charge is 2.28. The molecule has 2 aromatic rings. The maximum Gasteiger partial charge on any atom is 0.291 e. The summed E-state index contributed by atoms with van der Waals surface area (Å²) in [4.78, 5) is 12.2. The molecule has 2 N–H and O–H groups in total. The Morgan fingerprint density at radius 2 is 2.04 bits per heavy atom. The maximum absolute atomic E-state index is 12.7. The molecule has 154 valence electrons. The lowest BCUT2D eigenvalue weighted by Crippen LogP contribution is -2.44. The molecule has 0 aliphatic rings. The number of hydrogen-bond acceptors (Lipinski definition) is 7. The zero-order valence-electron chi connectivity index (χ0n) is 14.2. The number of rotatable bonds is 9. The van der Waals surface area contributed by atoms with Gasteiger partial charge in [-0.1, -0.05) is 34.5 Å². The first-order valence-corrected chi connectivity index (χ1v) is 12.0. The van der Waals surface area contributed by atoms with Crippen LogP contribution in [0, 0.1) is 0 Å². The number of halogens is 4. The number of alkyl halides is 2. The Kier molecular flexibility index (Phi) is 8.40. The normalized spacial score (nSPS) is 12.9. The number of aromatic nitrogens is 2. The Bertz CT molecular complexity index is 944. The summed E-state index contributed by atoms with van der Waals surface area (Å²) in [6, 6.07) is 2.72. The van der Waals surface area contributed by atoms with Gasteiger partial charge in [0.05, 0.1) is 5.02 Å². The third-order valence-corrected chi connectivity index (χ3v) is 6.94. The summed E-state index contributed by atoms with van der Waals surface area (Å²) in [6.07, 6.45) is -0.888.